The van der Waals surface area contributed by atoms with Crippen LogP contribution in [-0.4, -0.2) is 15.1 Å². The molecule has 1 fully saturated rings. The summed E-state index contributed by atoms with van der Waals surface area (Å²) >= 11 is 0. The van der Waals surface area contributed by atoms with E-state index in [9.17, 15) is 0 Å². The van der Waals surface area contributed by atoms with Gasteiger partial charge >= 0.3 is 0 Å². The number of nitrogens with zero attached hydrogens (tertiary/aromatic N) is 4. The first-order chi connectivity index (χ1) is 8.64. The van der Waals surface area contributed by atoms with Crippen molar-refractivity contribution < 1.29 is 4.52 Å². The lowest BCUT2D eigenvalue weighted by molar-refractivity contribution is 0.368. The van der Waals surface area contributed by atoms with Gasteiger partial charge in [0.1, 0.15) is 0 Å². The molecule has 0 saturated heterocycles. The van der Waals surface area contributed by atoms with Crippen molar-refractivity contribution in [1.29, 1.82) is 5.26 Å². The summed E-state index contributed by atoms with van der Waals surface area (Å²) in [6, 6.07) is 5.99. The minimum absolute atomic E-state index is 0.0419. The highest BCUT2D eigenvalue weighted by molar-refractivity contribution is 5.52. The molecule has 0 N–H and O–H groups in total. The third kappa shape index (κ3) is 1.50. The summed E-state index contributed by atoms with van der Waals surface area (Å²) in [5.74, 6) is 1.07. The Hall–Kier alpha value is -2.22. The van der Waals surface area contributed by atoms with Gasteiger partial charge in [-0.25, -0.2) is 0 Å². The standard InChI is InChI=1S/C13H12N4O/c1-13(2)9(6-14)10(13)12-16-11(17-18-12)8-4-3-5-15-7-8/h3-5,7,9-10H,1-2H3. The van der Waals surface area contributed by atoms with Gasteiger partial charge in [0.2, 0.25) is 11.7 Å². The molecular formula is C13H12N4O. The second kappa shape index (κ2) is 3.64. The molecule has 2 unspecified atom stereocenters. The van der Waals surface area contributed by atoms with Crippen LogP contribution in [0, 0.1) is 22.7 Å². The van der Waals surface area contributed by atoms with E-state index < -0.39 is 0 Å². The van der Waals surface area contributed by atoms with Crippen molar-refractivity contribution in [2.75, 3.05) is 0 Å². The van der Waals surface area contributed by atoms with Crippen molar-refractivity contribution in [2.24, 2.45) is 11.3 Å². The van der Waals surface area contributed by atoms with Gasteiger partial charge in [-0.2, -0.15) is 10.2 Å². The van der Waals surface area contributed by atoms with Crippen LogP contribution >= 0.6 is 0 Å². The molecule has 0 spiro atoms. The summed E-state index contributed by atoms with van der Waals surface area (Å²) in [6.45, 7) is 4.08. The largest absolute Gasteiger partial charge is 0.339 e. The molecular weight excluding hydrogens is 228 g/mol. The Bertz CT molecular complexity index is 611. The van der Waals surface area contributed by atoms with Crippen molar-refractivity contribution in [3.8, 4) is 17.5 Å². The first-order valence-electron chi connectivity index (χ1n) is 5.78. The molecule has 0 bridgehead atoms. The Labute approximate surface area is 104 Å². The highest BCUT2D eigenvalue weighted by atomic mass is 16.5. The van der Waals surface area contributed by atoms with Crippen LogP contribution in [-0.2, 0) is 0 Å². The van der Waals surface area contributed by atoms with E-state index in [4.69, 9.17) is 9.78 Å². The predicted octanol–water partition coefficient (Wildman–Crippen LogP) is 2.39. The highest BCUT2D eigenvalue weighted by Gasteiger charge is 2.62. The normalized spacial score (nSPS) is 24.5. The van der Waals surface area contributed by atoms with Crippen LogP contribution in [0.4, 0.5) is 0 Å². The van der Waals surface area contributed by atoms with E-state index in [-0.39, 0.29) is 17.3 Å². The van der Waals surface area contributed by atoms with Crippen LogP contribution in [0.1, 0.15) is 25.7 Å². The third-order valence-corrected chi connectivity index (χ3v) is 3.59. The molecule has 2 atom stereocenters. The van der Waals surface area contributed by atoms with Crippen molar-refractivity contribution in [2.45, 2.75) is 19.8 Å². The number of rotatable bonds is 2. The molecule has 5 nitrogen and oxygen atoms in total. The zero-order valence-corrected chi connectivity index (χ0v) is 10.2. The molecule has 2 aromatic rings. The fraction of sp³-hybridized carbons (Fsp3) is 0.385. The molecule has 3 rings (SSSR count). The minimum Gasteiger partial charge on any atom is -0.339 e. The SMILES string of the molecule is CC1(C)C(C#N)C1c1nc(-c2cccnc2)no1. The molecule has 2 aromatic heterocycles. The molecule has 18 heavy (non-hydrogen) atoms. The van der Waals surface area contributed by atoms with Crippen molar-refractivity contribution in [3.63, 3.8) is 0 Å². The lowest BCUT2D eigenvalue weighted by atomic mass is 10.1. The molecule has 5 heteroatoms. The minimum atomic E-state index is -0.0759. The van der Waals surface area contributed by atoms with E-state index in [2.05, 4.69) is 21.2 Å². The van der Waals surface area contributed by atoms with Crippen LogP contribution in [0.15, 0.2) is 29.0 Å². The molecule has 1 aliphatic carbocycles. The maximum absolute atomic E-state index is 9.05. The van der Waals surface area contributed by atoms with E-state index in [0.717, 1.165) is 5.56 Å². The summed E-state index contributed by atoms with van der Waals surface area (Å²) < 4.78 is 5.27. The maximum Gasteiger partial charge on any atom is 0.232 e. The summed E-state index contributed by atoms with van der Waals surface area (Å²) in [7, 11) is 0. The fourth-order valence-electron chi connectivity index (χ4n) is 2.31. The monoisotopic (exact) mass is 240 g/mol. The number of nitriles is 1. The van der Waals surface area contributed by atoms with Gasteiger partial charge in [0.25, 0.3) is 0 Å². The summed E-state index contributed by atoms with van der Waals surface area (Å²) in [5.41, 5.74) is 0.743. The van der Waals surface area contributed by atoms with Gasteiger partial charge in [-0.1, -0.05) is 19.0 Å². The van der Waals surface area contributed by atoms with Crippen LogP contribution in [0.25, 0.3) is 11.4 Å². The smallest absolute Gasteiger partial charge is 0.232 e. The number of aromatic nitrogens is 3. The van der Waals surface area contributed by atoms with E-state index in [1.54, 1.807) is 12.4 Å². The Morgan fingerprint density at radius 1 is 1.44 bits per heavy atom. The second-order valence-electron chi connectivity index (χ2n) is 5.10. The molecule has 0 amide bonds. The summed E-state index contributed by atoms with van der Waals surface area (Å²) in [4.78, 5) is 8.38. The summed E-state index contributed by atoms with van der Waals surface area (Å²) in [6.07, 6.45) is 3.38. The zero-order chi connectivity index (χ0) is 12.8. The van der Waals surface area contributed by atoms with E-state index in [0.29, 0.717) is 11.7 Å². The summed E-state index contributed by atoms with van der Waals surface area (Å²) in [5, 5.41) is 13.0. The number of pyridine rings is 1. The number of hydrogen-bond acceptors (Lipinski definition) is 5. The molecule has 90 valence electrons. The van der Waals surface area contributed by atoms with E-state index in [1.165, 1.54) is 0 Å². The molecule has 0 radical (unpaired) electrons. The lowest BCUT2D eigenvalue weighted by Crippen LogP contribution is -1.90. The lowest BCUT2D eigenvalue weighted by Gasteiger charge is -1.95. The molecule has 0 aromatic carbocycles. The van der Waals surface area contributed by atoms with Gasteiger partial charge in [0.15, 0.2) is 0 Å². The number of hydrogen-bond donors (Lipinski definition) is 0. The van der Waals surface area contributed by atoms with Crippen LogP contribution in [0.2, 0.25) is 0 Å². The van der Waals surface area contributed by atoms with Gasteiger partial charge in [-0.05, 0) is 17.5 Å². The molecule has 0 aliphatic heterocycles. The maximum atomic E-state index is 9.05. The Kier molecular flexibility index (Phi) is 2.20. The average molecular weight is 240 g/mol. The zero-order valence-electron chi connectivity index (χ0n) is 10.2. The van der Waals surface area contributed by atoms with Crippen molar-refractivity contribution in [3.05, 3.63) is 30.4 Å². The first-order valence-corrected chi connectivity index (χ1v) is 5.78. The Balaban J connectivity index is 1.91. The Morgan fingerprint density at radius 2 is 2.28 bits per heavy atom. The van der Waals surface area contributed by atoms with Gasteiger partial charge in [0.05, 0.1) is 17.9 Å². The third-order valence-electron chi connectivity index (χ3n) is 3.59. The van der Waals surface area contributed by atoms with Crippen LogP contribution < -0.4 is 0 Å². The van der Waals surface area contributed by atoms with E-state index >= 15 is 0 Å². The van der Waals surface area contributed by atoms with Gasteiger partial charge in [0, 0.05) is 18.0 Å². The van der Waals surface area contributed by atoms with Crippen LogP contribution in [0.3, 0.4) is 0 Å². The van der Waals surface area contributed by atoms with E-state index in [1.807, 2.05) is 26.0 Å². The van der Waals surface area contributed by atoms with Crippen LogP contribution in [0.5, 0.6) is 0 Å². The van der Waals surface area contributed by atoms with Crippen molar-refractivity contribution in [1.82, 2.24) is 15.1 Å². The van der Waals surface area contributed by atoms with Gasteiger partial charge < -0.3 is 4.52 Å². The first kappa shape index (κ1) is 10.9. The molecule has 2 heterocycles. The van der Waals surface area contributed by atoms with Gasteiger partial charge in [-0.3, -0.25) is 4.98 Å². The predicted molar refractivity (Wildman–Crippen MR) is 63.2 cm³/mol. The quantitative estimate of drug-likeness (QED) is 0.805. The Morgan fingerprint density at radius 3 is 2.89 bits per heavy atom. The topological polar surface area (TPSA) is 75.6 Å². The molecule has 1 aliphatic rings. The van der Waals surface area contributed by atoms with Crippen molar-refractivity contribution >= 4 is 0 Å². The average Bonchev–Trinajstić information content (AvgIpc) is 2.77. The van der Waals surface area contributed by atoms with Gasteiger partial charge in [-0.15, -0.1) is 0 Å². The molecule has 1 saturated carbocycles. The fourth-order valence-corrected chi connectivity index (χ4v) is 2.31. The second-order valence-corrected chi connectivity index (χ2v) is 5.10. The highest BCUT2D eigenvalue weighted by Crippen LogP contribution is 2.63.